The SMILES string of the molecule is C=N/C=C\C(NCC(CCC(=O)O)C(=O)O)=C(/C)NCC(CCC(=O)O)C(=O)O. The van der Waals surface area contributed by atoms with Crippen LogP contribution in [0.5, 0.6) is 0 Å². The van der Waals surface area contributed by atoms with E-state index < -0.39 is 35.7 Å². The second-order valence-electron chi connectivity index (χ2n) is 6.23. The molecule has 11 nitrogen and oxygen atoms in total. The molecule has 162 valence electrons. The Morgan fingerprint density at radius 1 is 0.897 bits per heavy atom. The van der Waals surface area contributed by atoms with Crippen LogP contribution < -0.4 is 10.6 Å². The summed E-state index contributed by atoms with van der Waals surface area (Å²) in [5, 5.41) is 41.6. The molecule has 0 saturated carbocycles. The zero-order chi connectivity index (χ0) is 22.4. The van der Waals surface area contributed by atoms with Crippen LogP contribution in [0.3, 0.4) is 0 Å². The van der Waals surface area contributed by atoms with Gasteiger partial charge < -0.3 is 31.1 Å². The summed E-state index contributed by atoms with van der Waals surface area (Å²) in [5.74, 6) is -6.33. The van der Waals surface area contributed by atoms with Crippen molar-refractivity contribution in [2.75, 3.05) is 13.1 Å². The van der Waals surface area contributed by atoms with Gasteiger partial charge in [-0.1, -0.05) is 0 Å². The summed E-state index contributed by atoms with van der Waals surface area (Å²) in [6.45, 7) is 4.84. The maximum atomic E-state index is 11.3. The third-order valence-corrected chi connectivity index (χ3v) is 4.01. The van der Waals surface area contributed by atoms with E-state index in [4.69, 9.17) is 10.2 Å². The van der Waals surface area contributed by atoms with Crippen molar-refractivity contribution in [3.05, 3.63) is 23.7 Å². The number of allylic oxidation sites excluding steroid dienone is 2. The lowest BCUT2D eigenvalue weighted by Gasteiger charge is -2.18. The number of hydrogen-bond donors (Lipinski definition) is 6. The fourth-order valence-electron chi connectivity index (χ4n) is 2.27. The van der Waals surface area contributed by atoms with Crippen molar-refractivity contribution in [3.63, 3.8) is 0 Å². The van der Waals surface area contributed by atoms with Crippen LogP contribution in [0.15, 0.2) is 28.7 Å². The summed E-state index contributed by atoms with van der Waals surface area (Å²) in [5.41, 5.74) is 0.898. The molecule has 0 amide bonds. The first-order valence-corrected chi connectivity index (χ1v) is 8.78. The highest BCUT2D eigenvalue weighted by Gasteiger charge is 2.20. The predicted molar refractivity (Wildman–Crippen MR) is 103 cm³/mol. The minimum Gasteiger partial charge on any atom is -0.481 e. The Labute approximate surface area is 167 Å². The van der Waals surface area contributed by atoms with Gasteiger partial charge in [-0.25, -0.2) is 0 Å². The van der Waals surface area contributed by atoms with Gasteiger partial charge in [0.1, 0.15) is 0 Å². The molecule has 11 heteroatoms. The third-order valence-electron chi connectivity index (χ3n) is 4.01. The Kier molecular flexibility index (Phi) is 12.1. The second kappa shape index (κ2) is 13.7. The van der Waals surface area contributed by atoms with Gasteiger partial charge in [0, 0.05) is 37.8 Å². The van der Waals surface area contributed by atoms with E-state index in [1.165, 1.54) is 12.3 Å². The Morgan fingerprint density at radius 2 is 1.34 bits per heavy atom. The molecule has 0 aliphatic rings. The second-order valence-corrected chi connectivity index (χ2v) is 6.23. The van der Waals surface area contributed by atoms with Gasteiger partial charge in [0.25, 0.3) is 0 Å². The van der Waals surface area contributed by atoms with Crippen LogP contribution >= 0.6 is 0 Å². The van der Waals surface area contributed by atoms with E-state index >= 15 is 0 Å². The minimum atomic E-state index is -1.14. The summed E-state index contributed by atoms with van der Waals surface area (Å²) in [6.07, 6.45) is 2.17. The number of hydrogen-bond acceptors (Lipinski definition) is 7. The van der Waals surface area contributed by atoms with Crippen molar-refractivity contribution in [1.82, 2.24) is 10.6 Å². The average Bonchev–Trinajstić information content (AvgIpc) is 2.62. The van der Waals surface area contributed by atoms with Crippen molar-refractivity contribution in [2.24, 2.45) is 16.8 Å². The lowest BCUT2D eigenvalue weighted by Crippen LogP contribution is -2.32. The summed E-state index contributed by atoms with van der Waals surface area (Å²) in [6, 6.07) is 0. The van der Waals surface area contributed by atoms with Crippen LogP contribution in [0.4, 0.5) is 0 Å². The van der Waals surface area contributed by atoms with Gasteiger partial charge in [-0.05, 0) is 32.6 Å². The molecule has 2 atom stereocenters. The molecular formula is C18H27N3O8. The topological polar surface area (TPSA) is 186 Å². The van der Waals surface area contributed by atoms with Crippen molar-refractivity contribution < 1.29 is 39.6 Å². The molecule has 2 unspecified atom stereocenters. The van der Waals surface area contributed by atoms with Crippen LogP contribution in [0.1, 0.15) is 32.6 Å². The number of carboxylic acids is 4. The molecule has 6 N–H and O–H groups in total. The van der Waals surface area contributed by atoms with Crippen molar-refractivity contribution in [1.29, 1.82) is 0 Å². The highest BCUT2D eigenvalue weighted by molar-refractivity contribution is 5.73. The van der Waals surface area contributed by atoms with Gasteiger partial charge in [-0.3, -0.25) is 24.2 Å². The van der Waals surface area contributed by atoms with Crippen LogP contribution in [0, 0.1) is 11.8 Å². The molecule has 0 spiro atoms. The first-order chi connectivity index (χ1) is 13.6. The third kappa shape index (κ3) is 11.8. The van der Waals surface area contributed by atoms with Gasteiger partial charge in [-0.2, -0.15) is 0 Å². The molecule has 0 fully saturated rings. The number of nitrogens with one attached hydrogen (secondary N) is 2. The number of carbonyl (C=O) groups is 4. The quantitative estimate of drug-likeness (QED) is 0.156. The number of aliphatic carboxylic acids is 4. The largest absolute Gasteiger partial charge is 0.481 e. The Bertz CT molecular complexity index is 672. The number of aliphatic imine (C=N–C) groups is 1. The summed E-state index contributed by atoms with van der Waals surface area (Å²) in [7, 11) is 0. The Hall–Kier alpha value is -3.37. The van der Waals surface area contributed by atoms with E-state index in [1.807, 2.05) is 0 Å². The molecule has 0 aromatic heterocycles. The normalized spacial score (nSPS) is 13.8. The van der Waals surface area contributed by atoms with Gasteiger partial charge in [0.15, 0.2) is 0 Å². The number of carboxylic acid groups (broad SMARTS) is 4. The van der Waals surface area contributed by atoms with E-state index in [0.717, 1.165) is 0 Å². The standard InChI is InChI=1S/C18H27N3O8/c1-11(20-9-12(17(26)27)3-5-15(22)23)14(7-8-19-2)21-10-13(18(28)29)4-6-16(24)25/h7-8,12-13,20-21H,2-6,9-10H2,1H3,(H,22,23)(H,24,25)(H,26,27)(H,28,29)/b8-7-,14-11-. The average molecular weight is 413 g/mol. The van der Waals surface area contributed by atoms with Crippen LogP contribution in [0.2, 0.25) is 0 Å². The van der Waals surface area contributed by atoms with E-state index in [2.05, 4.69) is 22.3 Å². The van der Waals surface area contributed by atoms with Crippen molar-refractivity contribution in [3.8, 4) is 0 Å². The monoisotopic (exact) mass is 413 g/mol. The van der Waals surface area contributed by atoms with E-state index in [-0.39, 0.29) is 38.8 Å². The van der Waals surface area contributed by atoms with Gasteiger partial charge in [0.2, 0.25) is 0 Å². The molecule has 0 radical (unpaired) electrons. The molecule has 0 aromatic rings. The smallest absolute Gasteiger partial charge is 0.308 e. The lowest BCUT2D eigenvalue weighted by molar-refractivity contribution is -0.144. The summed E-state index contributed by atoms with van der Waals surface area (Å²) < 4.78 is 0. The molecule has 0 rings (SSSR count). The predicted octanol–water partition coefficient (Wildman–Crippen LogP) is 0.743. The van der Waals surface area contributed by atoms with Gasteiger partial charge in [0.05, 0.1) is 17.5 Å². The first kappa shape index (κ1) is 25.6. The fraction of sp³-hybridized carbons (Fsp3) is 0.500. The molecule has 29 heavy (non-hydrogen) atoms. The molecule has 0 bridgehead atoms. The number of nitrogens with zero attached hydrogens (tertiary/aromatic N) is 1. The van der Waals surface area contributed by atoms with Crippen molar-refractivity contribution >= 4 is 30.6 Å². The number of rotatable bonds is 16. The zero-order valence-corrected chi connectivity index (χ0v) is 16.1. The first-order valence-electron chi connectivity index (χ1n) is 8.78. The minimum absolute atomic E-state index is 0.0314. The van der Waals surface area contributed by atoms with Gasteiger partial charge >= 0.3 is 23.9 Å². The van der Waals surface area contributed by atoms with E-state index in [9.17, 15) is 29.4 Å². The molecular weight excluding hydrogens is 386 g/mol. The van der Waals surface area contributed by atoms with Crippen LogP contribution in [0.25, 0.3) is 0 Å². The summed E-state index contributed by atoms with van der Waals surface area (Å²) in [4.78, 5) is 47.4. The maximum absolute atomic E-state index is 11.3. The zero-order valence-electron chi connectivity index (χ0n) is 16.1. The molecule has 0 aliphatic carbocycles. The molecule has 0 saturated heterocycles. The van der Waals surface area contributed by atoms with Gasteiger partial charge in [-0.15, -0.1) is 0 Å². The van der Waals surface area contributed by atoms with Crippen molar-refractivity contribution in [2.45, 2.75) is 32.6 Å². The van der Waals surface area contributed by atoms with E-state index in [1.54, 1.807) is 6.92 Å². The van der Waals surface area contributed by atoms with Crippen LogP contribution in [-0.4, -0.2) is 64.1 Å². The fourth-order valence-corrected chi connectivity index (χ4v) is 2.27. The van der Waals surface area contributed by atoms with Crippen LogP contribution in [-0.2, 0) is 19.2 Å². The molecule has 0 aliphatic heterocycles. The highest BCUT2D eigenvalue weighted by atomic mass is 16.4. The maximum Gasteiger partial charge on any atom is 0.308 e. The Balaban J connectivity index is 5.16. The van der Waals surface area contributed by atoms with E-state index in [0.29, 0.717) is 11.4 Å². The lowest BCUT2D eigenvalue weighted by atomic mass is 10.0. The highest BCUT2D eigenvalue weighted by Crippen LogP contribution is 2.10. The molecule has 0 aromatic carbocycles. The molecule has 0 heterocycles. The Morgan fingerprint density at radius 3 is 1.72 bits per heavy atom. The summed E-state index contributed by atoms with van der Waals surface area (Å²) >= 11 is 0.